The van der Waals surface area contributed by atoms with E-state index in [1.807, 2.05) is 18.3 Å². The first kappa shape index (κ1) is 19.6. The third-order valence-corrected chi connectivity index (χ3v) is 6.13. The molecule has 0 atom stereocenters. The Balaban J connectivity index is 1.70. The van der Waals surface area contributed by atoms with Crippen LogP contribution in [0.1, 0.15) is 36.0 Å². The highest BCUT2D eigenvalue weighted by atomic mass is 16.5. The van der Waals surface area contributed by atoms with Crippen LogP contribution < -0.4 is 10.5 Å². The molecule has 4 nitrogen and oxygen atoms in total. The quantitative estimate of drug-likeness (QED) is 0.387. The van der Waals surface area contributed by atoms with Crippen LogP contribution in [0.5, 0.6) is 5.75 Å². The van der Waals surface area contributed by atoms with Crippen molar-refractivity contribution in [2.24, 2.45) is 11.7 Å². The lowest BCUT2D eigenvalue weighted by Crippen LogP contribution is -2.15. The molecule has 3 aromatic carbocycles. The molecule has 1 aromatic heterocycles. The van der Waals surface area contributed by atoms with E-state index in [1.54, 1.807) is 0 Å². The van der Waals surface area contributed by atoms with Crippen molar-refractivity contribution in [3.8, 4) is 5.75 Å². The number of H-pyrrole nitrogens is 1. The SMILES string of the molecule is NCCOc1ccc(/C(=C(\c2ccccc2)C2CCC2)c2ccc3[nH]ncc3c2)cc1. The van der Waals surface area contributed by atoms with Crippen molar-refractivity contribution in [3.05, 3.63) is 95.7 Å². The summed E-state index contributed by atoms with van der Waals surface area (Å²) in [6, 6.07) is 25.8. The molecule has 31 heavy (non-hydrogen) atoms. The third kappa shape index (κ3) is 3.99. The Morgan fingerprint density at radius 3 is 2.42 bits per heavy atom. The van der Waals surface area contributed by atoms with Gasteiger partial charge in [0.05, 0.1) is 11.7 Å². The van der Waals surface area contributed by atoms with Crippen molar-refractivity contribution >= 4 is 22.0 Å². The fourth-order valence-electron chi connectivity index (χ4n) is 4.37. The molecule has 5 rings (SSSR count). The van der Waals surface area contributed by atoms with Gasteiger partial charge in [-0.15, -0.1) is 0 Å². The van der Waals surface area contributed by atoms with Crippen molar-refractivity contribution in [2.45, 2.75) is 19.3 Å². The van der Waals surface area contributed by atoms with E-state index in [2.05, 4.69) is 70.9 Å². The highest BCUT2D eigenvalue weighted by molar-refractivity contribution is 6.01. The summed E-state index contributed by atoms with van der Waals surface area (Å²) in [5.74, 6) is 1.43. The topological polar surface area (TPSA) is 63.9 Å². The molecule has 0 aliphatic heterocycles. The molecule has 0 radical (unpaired) electrons. The lowest BCUT2D eigenvalue weighted by atomic mass is 9.73. The highest BCUT2D eigenvalue weighted by Crippen LogP contribution is 2.45. The average molecular weight is 410 g/mol. The van der Waals surface area contributed by atoms with Crippen molar-refractivity contribution in [1.82, 2.24) is 10.2 Å². The van der Waals surface area contributed by atoms with Crippen molar-refractivity contribution in [1.29, 1.82) is 0 Å². The summed E-state index contributed by atoms with van der Waals surface area (Å²) in [7, 11) is 0. The Morgan fingerprint density at radius 2 is 1.71 bits per heavy atom. The van der Waals surface area contributed by atoms with Gasteiger partial charge >= 0.3 is 0 Å². The number of nitrogens with one attached hydrogen (secondary N) is 1. The van der Waals surface area contributed by atoms with Gasteiger partial charge < -0.3 is 10.5 Å². The van der Waals surface area contributed by atoms with E-state index < -0.39 is 0 Å². The van der Waals surface area contributed by atoms with Gasteiger partial charge in [0.2, 0.25) is 0 Å². The first-order valence-corrected chi connectivity index (χ1v) is 11.0. The van der Waals surface area contributed by atoms with Gasteiger partial charge in [0.1, 0.15) is 12.4 Å². The molecular weight excluding hydrogens is 382 g/mol. The molecule has 0 saturated heterocycles. The number of hydrogen-bond acceptors (Lipinski definition) is 3. The van der Waals surface area contributed by atoms with E-state index in [-0.39, 0.29) is 0 Å². The summed E-state index contributed by atoms with van der Waals surface area (Å²) in [4.78, 5) is 0. The molecule has 1 heterocycles. The molecule has 1 aliphatic rings. The summed E-state index contributed by atoms with van der Waals surface area (Å²) in [5.41, 5.74) is 13.1. The number of nitrogens with zero attached hydrogens (tertiary/aromatic N) is 1. The summed E-state index contributed by atoms with van der Waals surface area (Å²) in [6.07, 6.45) is 5.66. The zero-order chi connectivity index (χ0) is 21.0. The second kappa shape index (κ2) is 8.78. The van der Waals surface area contributed by atoms with Crippen LogP contribution in [0.15, 0.2) is 79.0 Å². The largest absolute Gasteiger partial charge is 0.492 e. The molecule has 156 valence electrons. The first-order valence-electron chi connectivity index (χ1n) is 11.0. The van der Waals surface area contributed by atoms with Crippen LogP contribution in [-0.4, -0.2) is 23.3 Å². The second-order valence-corrected chi connectivity index (χ2v) is 8.12. The van der Waals surface area contributed by atoms with E-state index >= 15 is 0 Å². The Kier molecular flexibility index (Phi) is 5.55. The Labute approximate surface area is 182 Å². The standard InChI is InChI=1S/C27H27N3O/c28-15-16-31-24-12-9-21(10-13-24)27(22-11-14-25-23(17-22)18-29-30-25)26(20-7-4-8-20)19-5-2-1-3-6-19/h1-3,5-6,9-14,17-18,20H,4,7-8,15-16,28H2,(H,29,30)/b27-26-. The Morgan fingerprint density at radius 1 is 0.935 bits per heavy atom. The van der Waals surface area contributed by atoms with Gasteiger partial charge in [0.25, 0.3) is 0 Å². The first-order chi connectivity index (χ1) is 15.3. The van der Waals surface area contributed by atoms with Crippen LogP contribution in [0.25, 0.3) is 22.0 Å². The monoisotopic (exact) mass is 409 g/mol. The average Bonchev–Trinajstić information content (AvgIpc) is 3.25. The normalized spacial score (nSPS) is 14.9. The molecule has 0 spiro atoms. The van der Waals surface area contributed by atoms with Crippen molar-refractivity contribution in [3.63, 3.8) is 0 Å². The van der Waals surface area contributed by atoms with Crippen LogP contribution in [0.4, 0.5) is 0 Å². The van der Waals surface area contributed by atoms with Crippen LogP contribution in [-0.2, 0) is 0 Å². The fraction of sp³-hybridized carbons (Fsp3) is 0.222. The predicted molar refractivity (Wildman–Crippen MR) is 127 cm³/mol. The Hall–Kier alpha value is -3.37. The summed E-state index contributed by atoms with van der Waals surface area (Å²) < 4.78 is 5.71. The molecular formula is C27H27N3O. The maximum absolute atomic E-state index is 5.71. The number of rotatable bonds is 7. The zero-order valence-corrected chi connectivity index (χ0v) is 17.6. The fourth-order valence-corrected chi connectivity index (χ4v) is 4.37. The third-order valence-electron chi connectivity index (χ3n) is 6.13. The molecule has 3 N–H and O–H groups in total. The Bertz CT molecular complexity index is 1190. The van der Waals surface area contributed by atoms with E-state index in [0.717, 1.165) is 16.7 Å². The molecule has 4 aromatic rings. The van der Waals surface area contributed by atoms with Gasteiger partial charge in [-0.3, -0.25) is 5.10 Å². The molecule has 0 unspecified atom stereocenters. The van der Waals surface area contributed by atoms with Crippen LogP contribution in [0, 0.1) is 5.92 Å². The van der Waals surface area contributed by atoms with Gasteiger partial charge in [0, 0.05) is 11.9 Å². The minimum atomic E-state index is 0.511. The lowest BCUT2D eigenvalue weighted by molar-refractivity contribution is 0.328. The number of ether oxygens (including phenoxy) is 1. The maximum atomic E-state index is 5.71. The summed E-state index contributed by atoms with van der Waals surface area (Å²) in [6.45, 7) is 1.04. The van der Waals surface area contributed by atoms with Crippen LogP contribution >= 0.6 is 0 Å². The number of nitrogens with two attached hydrogens (primary N) is 1. The number of benzene rings is 3. The van der Waals surface area contributed by atoms with E-state index in [4.69, 9.17) is 10.5 Å². The minimum absolute atomic E-state index is 0.511. The van der Waals surface area contributed by atoms with Crippen molar-refractivity contribution < 1.29 is 4.74 Å². The number of hydrogen-bond donors (Lipinski definition) is 2. The molecule has 0 amide bonds. The van der Waals surface area contributed by atoms with Crippen molar-refractivity contribution in [2.75, 3.05) is 13.2 Å². The van der Waals surface area contributed by atoms with Gasteiger partial charge in [-0.05, 0) is 70.9 Å². The van der Waals surface area contributed by atoms with Gasteiger partial charge in [-0.25, -0.2) is 0 Å². The van der Waals surface area contributed by atoms with Crippen LogP contribution in [0.3, 0.4) is 0 Å². The van der Waals surface area contributed by atoms with Gasteiger partial charge in [-0.1, -0.05) is 55.0 Å². The van der Waals surface area contributed by atoms with Gasteiger partial charge in [-0.2, -0.15) is 5.10 Å². The zero-order valence-electron chi connectivity index (χ0n) is 17.6. The maximum Gasteiger partial charge on any atom is 0.119 e. The van der Waals surface area contributed by atoms with E-state index in [1.165, 1.54) is 47.1 Å². The summed E-state index contributed by atoms with van der Waals surface area (Å²) >= 11 is 0. The minimum Gasteiger partial charge on any atom is -0.492 e. The molecule has 1 aliphatic carbocycles. The summed E-state index contributed by atoms with van der Waals surface area (Å²) in [5, 5.41) is 8.40. The number of aromatic nitrogens is 2. The van der Waals surface area contributed by atoms with E-state index in [9.17, 15) is 0 Å². The molecule has 1 saturated carbocycles. The van der Waals surface area contributed by atoms with Crippen LogP contribution in [0.2, 0.25) is 0 Å². The van der Waals surface area contributed by atoms with Gasteiger partial charge in [0.15, 0.2) is 0 Å². The smallest absolute Gasteiger partial charge is 0.119 e. The second-order valence-electron chi connectivity index (χ2n) is 8.12. The van der Waals surface area contributed by atoms with E-state index in [0.29, 0.717) is 19.1 Å². The number of aromatic amines is 1. The number of fused-ring (bicyclic) bond motifs is 1. The number of allylic oxidation sites excluding steroid dienone is 1. The highest BCUT2D eigenvalue weighted by Gasteiger charge is 2.27. The predicted octanol–water partition coefficient (Wildman–Crippen LogP) is 5.66. The molecule has 0 bridgehead atoms. The molecule has 4 heteroatoms. The lowest BCUT2D eigenvalue weighted by Gasteiger charge is -2.31. The molecule has 1 fully saturated rings.